The lowest BCUT2D eigenvalue weighted by Crippen LogP contribution is -2.05. The zero-order chi connectivity index (χ0) is 10.8. The highest BCUT2D eigenvalue weighted by atomic mass is 16.5. The molecule has 1 aliphatic rings. The van der Waals surface area contributed by atoms with E-state index in [1.807, 2.05) is 0 Å². The summed E-state index contributed by atoms with van der Waals surface area (Å²) in [4.78, 5) is 22.2. The van der Waals surface area contributed by atoms with Crippen molar-refractivity contribution in [2.75, 3.05) is 6.61 Å². The first-order valence-corrected chi connectivity index (χ1v) is 4.71. The second-order valence-corrected chi connectivity index (χ2v) is 3.20. The summed E-state index contributed by atoms with van der Waals surface area (Å²) in [6.45, 7) is 1.79. The third kappa shape index (κ3) is 1.83. The summed E-state index contributed by atoms with van der Waals surface area (Å²) in [6.07, 6.45) is 0.316. The molecule has 78 valence electrons. The van der Waals surface area contributed by atoms with E-state index in [0.29, 0.717) is 23.5 Å². The van der Waals surface area contributed by atoms with Crippen molar-refractivity contribution < 1.29 is 19.1 Å². The molecular formula is C11H10O4. The van der Waals surface area contributed by atoms with Crippen LogP contribution in [0.15, 0.2) is 18.2 Å². The van der Waals surface area contributed by atoms with Crippen LogP contribution in [-0.4, -0.2) is 18.4 Å². The molecule has 0 unspecified atom stereocenters. The fourth-order valence-corrected chi connectivity index (χ4v) is 1.34. The van der Waals surface area contributed by atoms with Crippen LogP contribution in [0, 0.1) is 0 Å². The highest BCUT2D eigenvalue weighted by Gasteiger charge is 2.21. The van der Waals surface area contributed by atoms with Gasteiger partial charge < -0.3 is 9.47 Å². The van der Waals surface area contributed by atoms with E-state index < -0.39 is 0 Å². The van der Waals surface area contributed by atoms with Crippen LogP contribution in [0.1, 0.15) is 23.7 Å². The quantitative estimate of drug-likeness (QED) is 0.544. The maximum absolute atomic E-state index is 11.2. The van der Waals surface area contributed by atoms with Crippen LogP contribution in [0.4, 0.5) is 0 Å². The van der Waals surface area contributed by atoms with E-state index in [2.05, 4.69) is 0 Å². The van der Waals surface area contributed by atoms with Crippen LogP contribution < -0.4 is 9.47 Å². The Morgan fingerprint density at radius 3 is 3.07 bits per heavy atom. The Labute approximate surface area is 86.8 Å². The summed E-state index contributed by atoms with van der Waals surface area (Å²) in [5.74, 6) is 0.550. The number of esters is 1. The Hall–Kier alpha value is -1.84. The first-order chi connectivity index (χ1) is 7.20. The molecule has 1 heterocycles. The van der Waals surface area contributed by atoms with E-state index in [1.165, 1.54) is 0 Å². The largest absolute Gasteiger partial charge is 0.485 e. The zero-order valence-electron chi connectivity index (χ0n) is 8.28. The summed E-state index contributed by atoms with van der Waals surface area (Å²) >= 11 is 0. The topological polar surface area (TPSA) is 52.6 Å². The number of ether oxygens (including phenoxy) is 2. The van der Waals surface area contributed by atoms with Gasteiger partial charge in [-0.05, 0) is 12.1 Å². The standard InChI is InChI=1S/C11H10O4/c1-2-11(13)15-7-3-4-8-9(12)6-14-10(8)5-7/h3-5H,2,6H2,1H3. The third-order valence-corrected chi connectivity index (χ3v) is 2.13. The van der Waals surface area contributed by atoms with Crippen LogP contribution >= 0.6 is 0 Å². The lowest BCUT2D eigenvalue weighted by atomic mass is 10.1. The van der Waals surface area contributed by atoms with Gasteiger partial charge in [-0.3, -0.25) is 9.59 Å². The number of ketones is 1. The average Bonchev–Trinajstić information content (AvgIpc) is 2.60. The number of Topliss-reactive ketones (excluding diaryl/α,β-unsaturated/α-hetero) is 1. The van der Waals surface area contributed by atoms with Crippen LogP contribution in [-0.2, 0) is 4.79 Å². The van der Waals surface area contributed by atoms with Crippen molar-refractivity contribution in [3.05, 3.63) is 23.8 Å². The van der Waals surface area contributed by atoms with Crippen molar-refractivity contribution in [3.8, 4) is 11.5 Å². The monoisotopic (exact) mass is 206 g/mol. The summed E-state index contributed by atoms with van der Waals surface area (Å²) in [5.41, 5.74) is 0.547. The number of rotatable bonds is 2. The fourth-order valence-electron chi connectivity index (χ4n) is 1.34. The van der Waals surface area contributed by atoms with Crippen molar-refractivity contribution in [2.24, 2.45) is 0 Å². The predicted molar refractivity (Wildman–Crippen MR) is 52.2 cm³/mol. The molecule has 0 aliphatic carbocycles. The molecule has 0 saturated heterocycles. The van der Waals surface area contributed by atoms with E-state index in [1.54, 1.807) is 25.1 Å². The first-order valence-electron chi connectivity index (χ1n) is 4.71. The summed E-state index contributed by atoms with van der Waals surface area (Å²) in [6, 6.07) is 4.77. The summed E-state index contributed by atoms with van der Waals surface area (Å²) in [5, 5.41) is 0. The minimum Gasteiger partial charge on any atom is -0.485 e. The molecule has 0 radical (unpaired) electrons. The van der Waals surface area contributed by atoms with Crippen molar-refractivity contribution in [3.63, 3.8) is 0 Å². The van der Waals surface area contributed by atoms with Gasteiger partial charge >= 0.3 is 5.97 Å². The maximum atomic E-state index is 11.2. The molecule has 4 nitrogen and oxygen atoms in total. The molecule has 0 amide bonds. The molecular weight excluding hydrogens is 196 g/mol. The molecule has 0 aromatic heterocycles. The number of benzene rings is 1. The smallest absolute Gasteiger partial charge is 0.310 e. The Morgan fingerprint density at radius 1 is 1.53 bits per heavy atom. The third-order valence-electron chi connectivity index (χ3n) is 2.13. The molecule has 0 saturated carbocycles. The average molecular weight is 206 g/mol. The number of hydrogen-bond donors (Lipinski definition) is 0. The van der Waals surface area contributed by atoms with Crippen molar-refractivity contribution in [1.82, 2.24) is 0 Å². The van der Waals surface area contributed by atoms with Gasteiger partial charge in [-0.1, -0.05) is 6.92 Å². The summed E-state index contributed by atoms with van der Waals surface area (Å²) < 4.78 is 10.1. The van der Waals surface area contributed by atoms with Crippen LogP contribution in [0.3, 0.4) is 0 Å². The van der Waals surface area contributed by atoms with Crippen LogP contribution in [0.5, 0.6) is 11.5 Å². The second-order valence-electron chi connectivity index (χ2n) is 3.20. The predicted octanol–water partition coefficient (Wildman–Crippen LogP) is 1.58. The van der Waals surface area contributed by atoms with E-state index in [4.69, 9.17) is 9.47 Å². The van der Waals surface area contributed by atoms with Crippen molar-refractivity contribution >= 4 is 11.8 Å². The Balaban J connectivity index is 2.23. The van der Waals surface area contributed by atoms with Gasteiger partial charge in [0.15, 0.2) is 6.61 Å². The Kier molecular flexibility index (Phi) is 2.41. The fraction of sp³-hybridized carbons (Fsp3) is 0.273. The summed E-state index contributed by atoms with van der Waals surface area (Å²) in [7, 11) is 0. The maximum Gasteiger partial charge on any atom is 0.310 e. The number of carbonyl (C=O) groups is 2. The minimum atomic E-state index is -0.306. The zero-order valence-corrected chi connectivity index (χ0v) is 8.28. The van der Waals surface area contributed by atoms with Gasteiger partial charge in [-0.15, -0.1) is 0 Å². The van der Waals surface area contributed by atoms with Crippen LogP contribution in [0.2, 0.25) is 0 Å². The first kappa shape index (κ1) is 9.71. The van der Waals surface area contributed by atoms with E-state index >= 15 is 0 Å². The number of hydrogen-bond acceptors (Lipinski definition) is 4. The van der Waals surface area contributed by atoms with Gasteiger partial charge in [0.2, 0.25) is 5.78 Å². The molecule has 1 aromatic rings. The highest BCUT2D eigenvalue weighted by molar-refractivity contribution is 6.02. The number of fused-ring (bicyclic) bond motifs is 1. The van der Waals surface area contributed by atoms with Crippen molar-refractivity contribution in [1.29, 1.82) is 0 Å². The highest BCUT2D eigenvalue weighted by Crippen LogP contribution is 2.29. The molecule has 0 atom stereocenters. The molecule has 0 spiro atoms. The molecule has 15 heavy (non-hydrogen) atoms. The van der Waals surface area contributed by atoms with Crippen LogP contribution in [0.25, 0.3) is 0 Å². The van der Waals surface area contributed by atoms with Gasteiger partial charge in [0, 0.05) is 12.5 Å². The van der Waals surface area contributed by atoms with Gasteiger partial charge in [-0.2, -0.15) is 0 Å². The molecule has 0 bridgehead atoms. The minimum absolute atomic E-state index is 0.0432. The van der Waals surface area contributed by atoms with Gasteiger partial charge in [0.1, 0.15) is 11.5 Å². The van der Waals surface area contributed by atoms with Gasteiger partial charge in [0.05, 0.1) is 5.56 Å². The molecule has 2 rings (SSSR count). The lowest BCUT2D eigenvalue weighted by Gasteiger charge is -2.03. The molecule has 0 N–H and O–H groups in total. The Bertz CT molecular complexity index is 423. The molecule has 0 fully saturated rings. The molecule has 1 aliphatic heterocycles. The van der Waals surface area contributed by atoms with Crippen molar-refractivity contribution in [2.45, 2.75) is 13.3 Å². The number of carbonyl (C=O) groups excluding carboxylic acids is 2. The second kappa shape index (κ2) is 3.73. The SMILES string of the molecule is CCC(=O)Oc1ccc2c(c1)OCC2=O. The van der Waals surface area contributed by atoms with E-state index in [-0.39, 0.29) is 18.4 Å². The lowest BCUT2D eigenvalue weighted by molar-refractivity contribution is -0.134. The normalized spacial score (nSPS) is 13.3. The van der Waals surface area contributed by atoms with E-state index in [0.717, 1.165) is 0 Å². The molecule has 4 heteroatoms. The molecule has 1 aromatic carbocycles. The van der Waals surface area contributed by atoms with Gasteiger partial charge in [-0.25, -0.2) is 0 Å². The van der Waals surface area contributed by atoms with E-state index in [9.17, 15) is 9.59 Å². The van der Waals surface area contributed by atoms with Gasteiger partial charge in [0.25, 0.3) is 0 Å². The Morgan fingerprint density at radius 2 is 2.33 bits per heavy atom.